The molecule has 0 aromatic heterocycles. The van der Waals surface area contributed by atoms with Crippen LogP contribution < -0.4 is 9.47 Å². The summed E-state index contributed by atoms with van der Waals surface area (Å²) in [6.45, 7) is 6.45. The van der Waals surface area contributed by atoms with E-state index in [1.807, 2.05) is 29.2 Å². The van der Waals surface area contributed by atoms with E-state index in [0.29, 0.717) is 19.7 Å². The number of piperidine rings is 1. The first-order chi connectivity index (χ1) is 11.3. The predicted octanol–water partition coefficient (Wildman–Crippen LogP) is 2.16. The molecule has 0 spiro atoms. The fraction of sp³-hybridized carbons (Fsp3) is 0.611. The molecule has 126 valence electrons. The highest BCUT2D eigenvalue weighted by atomic mass is 16.6. The lowest BCUT2D eigenvalue weighted by atomic mass is 10.1. The third kappa shape index (κ3) is 4.16. The summed E-state index contributed by atoms with van der Waals surface area (Å²) in [5.74, 6) is 1.84. The van der Waals surface area contributed by atoms with Gasteiger partial charge in [0, 0.05) is 19.6 Å². The molecule has 2 heterocycles. The van der Waals surface area contributed by atoms with Crippen molar-refractivity contribution in [3.05, 3.63) is 24.3 Å². The normalized spacial score (nSPS) is 20.6. The largest absolute Gasteiger partial charge is 0.486 e. The van der Waals surface area contributed by atoms with Gasteiger partial charge in [0.05, 0.1) is 6.54 Å². The Morgan fingerprint density at radius 1 is 1.22 bits per heavy atom. The third-order valence-corrected chi connectivity index (χ3v) is 4.54. The number of benzene rings is 1. The van der Waals surface area contributed by atoms with Gasteiger partial charge in [-0.25, -0.2) is 0 Å². The summed E-state index contributed by atoms with van der Waals surface area (Å²) < 4.78 is 11.8. The van der Waals surface area contributed by atoms with E-state index in [1.54, 1.807) is 0 Å². The smallest absolute Gasteiger partial charge is 0.236 e. The van der Waals surface area contributed by atoms with Crippen LogP contribution in [0, 0.1) is 0 Å². The molecule has 1 amide bonds. The van der Waals surface area contributed by atoms with Gasteiger partial charge in [-0.05, 0) is 37.9 Å². The molecular weight excluding hydrogens is 292 g/mol. The lowest BCUT2D eigenvalue weighted by molar-refractivity contribution is -0.133. The molecule has 1 aromatic carbocycles. The molecular formula is C18H26N2O3. The molecule has 0 aliphatic carbocycles. The Balaban J connectivity index is 1.52. The van der Waals surface area contributed by atoms with Crippen LogP contribution in [-0.2, 0) is 4.79 Å². The molecule has 0 bridgehead atoms. The van der Waals surface area contributed by atoms with Crippen LogP contribution in [0.2, 0.25) is 0 Å². The SMILES string of the molecule is CCN(CC(=O)N1CCCCC1)CC1COc2ccccc2O1. The van der Waals surface area contributed by atoms with Crippen molar-refractivity contribution in [2.75, 3.05) is 39.3 Å². The average Bonchev–Trinajstić information content (AvgIpc) is 2.61. The quantitative estimate of drug-likeness (QED) is 0.834. The zero-order valence-electron chi connectivity index (χ0n) is 13.9. The number of amides is 1. The van der Waals surface area contributed by atoms with Gasteiger partial charge >= 0.3 is 0 Å². The maximum absolute atomic E-state index is 12.4. The molecule has 0 N–H and O–H groups in total. The molecule has 1 atom stereocenters. The van der Waals surface area contributed by atoms with Crippen LogP contribution >= 0.6 is 0 Å². The van der Waals surface area contributed by atoms with E-state index >= 15 is 0 Å². The Morgan fingerprint density at radius 2 is 1.96 bits per heavy atom. The molecule has 1 saturated heterocycles. The van der Waals surface area contributed by atoms with E-state index in [1.165, 1.54) is 6.42 Å². The maximum Gasteiger partial charge on any atom is 0.236 e. The number of para-hydroxylation sites is 2. The second-order valence-corrected chi connectivity index (χ2v) is 6.27. The van der Waals surface area contributed by atoms with Crippen molar-refractivity contribution in [2.45, 2.75) is 32.3 Å². The number of likely N-dealkylation sites (N-methyl/N-ethyl adjacent to an activating group) is 1. The lowest BCUT2D eigenvalue weighted by Gasteiger charge is -2.32. The van der Waals surface area contributed by atoms with Crippen molar-refractivity contribution in [1.82, 2.24) is 9.80 Å². The highest BCUT2D eigenvalue weighted by molar-refractivity contribution is 5.78. The van der Waals surface area contributed by atoms with Gasteiger partial charge in [0.2, 0.25) is 5.91 Å². The monoisotopic (exact) mass is 318 g/mol. The first-order valence-electron chi connectivity index (χ1n) is 8.65. The number of likely N-dealkylation sites (tertiary alicyclic amines) is 1. The second kappa shape index (κ2) is 7.68. The number of nitrogens with zero attached hydrogens (tertiary/aromatic N) is 2. The molecule has 0 radical (unpaired) electrons. The van der Waals surface area contributed by atoms with E-state index in [-0.39, 0.29) is 12.0 Å². The zero-order valence-corrected chi connectivity index (χ0v) is 13.9. The number of fused-ring (bicyclic) bond motifs is 1. The van der Waals surface area contributed by atoms with Crippen LogP contribution in [0.5, 0.6) is 11.5 Å². The molecule has 5 nitrogen and oxygen atoms in total. The Labute approximate surface area is 138 Å². The number of hydrogen-bond acceptors (Lipinski definition) is 4. The van der Waals surface area contributed by atoms with Crippen molar-refractivity contribution in [3.8, 4) is 11.5 Å². The second-order valence-electron chi connectivity index (χ2n) is 6.27. The molecule has 1 aromatic rings. The third-order valence-electron chi connectivity index (χ3n) is 4.54. The van der Waals surface area contributed by atoms with Gasteiger partial charge in [-0.1, -0.05) is 19.1 Å². The fourth-order valence-electron chi connectivity index (χ4n) is 3.18. The van der Waals surface area contributed by atoms with Crippen LogP contribution in [0.25, 0.3) is 0 Å². The zero-order chi connectivity index (χ0) is 16.1. The number of carbonyl (C=O) groups is 1. The van der Waals surface area contributed by atoms with E-state index < -0.39 is 0 Å². The minimum atomic E-state index is -0.0287. The van der Waals surface area contributed by atoms with Crippen molar-refractivity contribution < 1.29 is 14.3 Å². The van der Waals surface area contributed by atoms with Gasteiger partial charge in [0.1, 0.15) is 12.7 Å². The summed E-state index contributed by atoms with van der Waals surface area (Å²) in [6, 6.07) is 7.74. The van der Waals surface area contributed by atoms with Crippen LogP contribution in [0.15, 0.2) is 24.3 Å². The van der Waals surface area contributed by atoms with Crippen molar-refractivity contribution in [3.63, 3.8) is 0 Å². The van der Waals surface area contributed by atoms with Gasteiger partial charge in [-0.3, -0.25) is 9.69 Å². The first kappa shape index (κ1) is 16.1. The van der Waals surface area contributed by atoms with Crippen LogP contribution in [0.3, 0.4) is 0 Å². The summed E-state index contributed by atoms with van der Waals surface area (Å²) in [5, 5.41) is 0. The summed E-state index contributed by atoms with van der Waals surface area (Å²) in [7, 11) is 0. The molecule has 5 heteroatoms. The molecule has 3 rings (SSSR count). The predicted molar refractivity (Wildman–Crippen MR) is 88.9 cm³/mol. The molecule has 1 unspecified atom stereocenters. The molecule has 23 heavy (non-hydrogen) atoms. The summed E-state index contributed by atoms with van der Waals surface area (Å²) in [4.78, 5) is 16.6. The molecule has 1 fully saturated rings. The van der Waals surface area contributed by atoms with Gasteiger partial charge < -0.3 is 14.4 Å². The number of ether oxygens (including phenoxy) is 2. The topological polar surface area (TPSA) is 42.0 Å². The maximum atomic E-state index is 12.4. The standard InChI is InChI=1S/C18H26N2O3/c1-2-19(13-18(21)20-10-6-3-7-11-20)12-15-14-22-16-8-4-5-9-17(16)23-15/h4-5,8-9,15H,2-3,6-7,10-14H2,1H3. The lowest BCUT2D eigenvalue weighted by Crippen LogP contribution is -2.47. The highest BCUT2D eigenvalue weighted by Gasteiger charge is 2.25. The number of hydrogen-bond donors (Lipinski definition) is 0. The van der Waals surface area contributed by atoms with Crippen molar-refractivity contribution >= 4 is 5.91 Å². The molecule has 2 aliphatic rings. The van der Waals surface area contributed by atoms with Crippen LogP contribution in [0.1, 0.15) is 26.2 Å². The molecule has 2 aliphatic heterocycles. The Hall–Kier alpha value is -1.75. The Morgan fingerprint density at radius 3 is 2.70 bits per heavy atom. The van der Waals surface area contributed by atoms with E-state index in [0.717, 1.165) is 44.0 Å². The number of carbonyl (C=O) groups excluding carboxylic acids is 1. The van der Waals surface area contributed by atoms with E-state index in [4.69, 9.17) is 9.47 Å². The summed E-state index contributed by atoms with van der Waals surface area (Å²) >= 11 is 0. The average molecular weight is 318 g/mol. The highest BCUT2D eigenvalue weighted by Crippen LogP contribution is 2.31. The number of rotatable bonds is 5. The van der Waals surface area contributed by atoms with Gasteiger partial charge in [0.15, 0.2) is 11.5 Å². The summed E-state index contributed by atoms with van der Waals surface area (Å²) in [6.07, 6.45) is 3.48. The van der Waals surface area contributed by atoms with Gasteiger partial charge in [-0.15, -0.1) is 0 Å². The van der Waals surface area contributed by atoms with E-state index in [9.17, 15) is 4.79 Å². The van der Waals surface area contributed by atoms with Crippen LogP contribution in [0.4, 0.5) is 0 Å². The molecule has 0 saturated carbocycles. The van der Waals surface area contributed by atoms with Crippen molar-refractivity contribution in [1.29, 1.82) is 0 Å². The van der Waals surface area contributed by atoms with Gasteiger partial charge in [-0.2, -0.15) is 0 Å². The van der Waals surface area contributed by atoms with Crippen LogP contribution in [-0.4, -0.2) is 61.1 Å². The van der Waals surface area contributed by atoms with Crippen molar-refractivity contribution in [2.24, 2.45) is 0 Å². The van der Waals surface area contributed by atoms with Gasteiger partial charge in [0.25, 0.3) is 0 Å². The minimum Gasteiger partial charge on any atom is -0.486 e. The Bertz CT molecular complexity index is 529. The summed E-state index contributed by atoms with van der Waals surface area (Å²) in [5.41, 5.74) is 0. The Kier molecular flexibility index (Phi) is 5.39. The fourth-order valence-corrected chi connectivity index (χ4v) is 3.18. The minimum absolute atomic E-state index is 0.0287. The first-order valence-corrected chi connectivity index (χ1v) is 8.65. The van der Waals surface area contributed by atoms with E-state index in [2.05, 4.69) is 11.8 Å².